The number of hydrogen-bond donors (Lipinski definition) is 0. The van der Waals surface area contributed by atoms with Crippen molar-refractivity contribution in [2.45, 2.75) is 37.5 Å². The van der Waals surface area contributed by atoms with Crippen LogP contribution >= 0.6 is 0 Å². The first-order chi connectivity index (χ1) is 32.7. The molecule has 314 valence electrons. The molecule has 5 aliphatic carbocycles. The van der Waals surface area contributed by atoms with Crippen LogP contribution in [-0.2, 0) is 5.41 Å². The van der Waals surface area contributed by atoms with Crippen LogP contribution in [0.15, 0.2) is 206 Å². The molecule has 2 nitrogen and oxygen atoms in total. The summed E-state index contributed by atoms with van der Waals surface area (Å²) in [5.74, 6) is 3.29. The van der Waals surface area contributed by atoms with Crippen LogP contribution in [0.5, 0.6) is 0 Å². The lowest BCUT2D eigenvalue weighted by atomic mass is 9.43. The SMILES string of the molecule is c1ccc(-c2ccc(-n3c4ccccc4c4cc(-c5ccc6c(c5)c5cc(-c7ccccc7)ccc5n6-c5ccc6c(c5)C5(c7ccccc7-6)C6CC7CC(C6)CC5C7)ccc43)cc2)cc1. The van der Waals surface area contributed by atoms with Crippen molar-refractivity contribution in [1.82, 2.24) is 9.13 Å². The lowest BCUT2D eigenvalue weighted by molar-refractivity contribution is -0.0399. The van der Waals surface area contributed by atoms with Crippen LogP contribution in [0.25, 0.3) is 99.5 Å². The maximum Gasteiger partial charge on any atom is 0.0541 e. The molecule has 2 heterocycles. The van der Waals surface area contributed by atoms with E-state index < -0.39 is 0 Å². The van der Waals surface area contributed by atoms with E-state index in [4.69, 9.17) is 0 Å². The molecule has 0 radical (unpaired) electrons. The molecule has 11 aromatic rings. The fourth-order valence-corrected chi connectivity index (χ4v) is 14.4. The van der Waals surface area contributed by atoms with Gasteiger partial charge in [0.2, 0.25) is 0 Å². The molecule has 9 aromatic carbocycles. The van der Waals surface area contributed by atoms with E-state index in [-0.39, 0.29) is 5.41 Å². The van der Waals surface area contributed by atoms with Gasteiger partial charge in [-0.15, -0.1) is 0 Å². The zero-order valence-corrected chi connectivity index (χ0v) is 36.9. The number of benzene rings is 9. The fourth-order valence-electron chi connectivity index (χ4n) is 14.4. The molecule has 4 bridgehead atoms. The summed E-state index contributed by atoms with van der Waals surface area (Å²) < 4.78 is 5.00. The largest absolute Gasteiger partial charge is 0.309 e. The van der Waals surface area contributed by atoms with Crippen LogP contribution in [0.2, 0.25) is 0 Å². The number of nitrogens with zero attached hydrogens (tertiary/aromatic N) is 2. The van der Waals surface area contributed by atoms with E-state index >= 15 is 0 Å². The normalized spacial score (nSPS) is 21.4. The first-order valence-corrected chi connectivity index (χ1v) is 24.3. The van der Waals surface area contributed by atoms with Crippen LogP contribution in [0.4, 0.5) is 0 Å². The van der Waals surface area contributed by atoms with Crippen LogP contribution in [0, 0.1) is 23.7 Å². The van der Waals surface area contributed by atoms with E-state index in [1.807, 2.05) is 0 Å². The van der Waals surface area contributed by atoms with E-state index in [0.717, 1.165) is 23.7 Å². The Morgan fingerprint density at radius 3 is 1.38 bits per heavy atom. The average Bonchev–Trinajstić information content (AvgIpc) is 3.99. The third-order valence-corrected chi connectivity index (χ3v) is 16.9. The predicted octanol–water partition coefficient (Wildman–Crippen LogP) is 16.6. The van der Waals surface area contributed by atoms with Crippen LogP contribution in [-0.4, -0.2) is 9.13 Å². The Bertz CT molecular complexity index is 3730. The molecular formula is C64H48N2. The van der Waals surface area contributed by atoms with Gasteiger partial charge in [-0.2, -0.15) is 0 Å². The highest BCUT2D eigenvalue weighted by Gasteiger charge is 2.61. The topological polar surface area (TPSA) is 9.86 Å². The van der Waals surface area contributed by atoms with Crippen molar-refractivity contribution in [2.75, 3.05) is 0 Å². The summed E-state index contributed by atoms with van der Waals surface area (Å²) in [5, 5.41) is 5.11. The molecule has 4 fully saturated rings. The smallest absolute Gasteiger partial charge is 0.0541 e. The summed E-state index contributed by atoms with van der Waals surface area (Å²) in [7, 11) is 0. The number of aromatic nitrogens is 2. The molecule has 0 N–H and O–H groups in total. The van der Waals surface area contributed by atoms with E-state index in [1.54, 1.807) is 11.1 Å². The van der Waals surface area contributed by atoms with Gasteiger partial charge in [-0.25, -0.2) is 0 Å². The van der Waals surface area contributed by atoms with Gasteiger partial charge in [-0.05, 0) is 178 Å². The molecule has 0 atom stereocenters. The summed E-state index contributed by atoms with van der Waals surface area (Å²) in [5.41, 5.74) is 21.1. The Morgan fingerprint density at radius 2 is 0.742 bits per heavy atom. The average molecular weight is 845 g/mol. The minimum atomic E-state index is 0.120. The molecule has 1 spiro atoms. The van der Waals surface area contributed by atoms with Crippen molar-refractivity contribution in [1.29, 1.82) is 0 Å². The summed E-state index contributed by atoms with van der Waals surface area (Å²) >= 11 is 0. The maximum atomic E-state index is 2.65. The van der Waals surface area contributed by atoms with Crippen LogP contribution in [0.3, 0.4) is 0 Å². The Morgan fingerprint density at radius 1 is 0.303 bits per heavy atom. The molecule has 0 amide bonds. The maximum absolute atomic E-state index is 2.65. The molecular weight excluding hydrogens is 797 g/mol. The standard InChI is InChI=1S/C64H48N2/c1-3-11-42(12-4-1)44-19-24-50(25-20-44)65-60-18-10-8-16-54(60)55-37-46(22-29-61(55)65)47-23-30-63-57(38-47)56-36-45(43-13-5-2-6-14-43)21-28-62(56)66(63)51-26-27-53-52-15-7-9-17-58(52)64(59(53)39-51)48-32-40-31-41(34-48)35-49(64)33-40/h1-30,36-41,48-49H,31-35H2. The van der Waals surface area contributed by atoms with E-state index in [2.05, 4.69) is 215 Å². The second-order valence-corrected chi connectivity index (χ2v) is 20.1. The molecule has 66 heavy (non-hydrogen) atoms. The summed E-state index contributed by atoms with van der Waals surface area (Å²) in [6.45, 7) is 0. The van der Waals surface area contributed by atoms with Gasteiger partial charge in [0.1, 0.15) is 0 Å². The number of para-hydroxylation sites is 1. The van der Waals surface area contributed by atoms with Crippen LogP contribution < -0.4 is 0 Å². The van der Waals surface area contributed by atoms with Crippen LogP contribution in [0.1, 0.15) is 43.2 Å². The van der Waals surface area contributed by atoms with Crippen molar-refractivity contribution >= 4 is 43.6 Å². The lowest BCUT2D eigenvalue weighted by Crippen LogP contribution is -2.55. The molecule has 2 aromatic heterocycles. The Balaban J connectivity index is 0.900. The summed E-state index contributed by atoms with van der Waals surface area (Å²) in [6.07, 6.45) is 7.02. The predicted molar refractivity (Wildman–Crippen MR) is 275 cm³/mol. The second kappa shape index (κ2) is 13.8. The van der Waals surface area contributed by atoms with Gasteiger partial charge in [-0.1, -0.05) is 140 Å². The number of hydrogen-bond acceptors (Lipinski definition) is 0. The van der Waals surface area contributed by atoms with Gasteiger partial charge in [-0.3, -0.25) is 0 Å². The van der Waals surface area contributed by atoms with E-state index in [1.165, 1.54) is 132 Å². The van der Waals surface area contributed by atoms with Gasteiger partial charge in [0.05, 0.1) is 22.1 Å². The van der Waals surface area contributed by atoms with Gasteiger partial charge < -0.3 is 9.13 Å². The van der Waals surface area contributed by atoms with Gasteiger partial charge in [0.15, 0.2) is 0 Å². The van der Waals surface area contributed by atoms with Gasteiger partial charge >= 0.3 is 0 Å². The minimum absolute atomic E-state index is 0.120. The third-order valence-electron chi connectivity index (χ3n) is 16.9. The highest BCUT2D eigenvalue weighted by molar-refractivity contribution is 6.13. The van der Waals surface area contributed by atoms with Crippen molar-refractivity contribution in [2.24, 2.45) is 23.7 Å². The molecule has 5 aliphatic rings. The highest BCUT2D eigenvalue weighted by atomic mass is 15.0. The Hall–Kier alpha value is -7.42. The van der Waals surface area contributed by atoms with E-state index in [0.29, 0.717) is 0 Å². The zero-order valence-electron chi connectivity index (χ0n) is 36.9. The zero-order chi connectivity index (χ0) is 43.1. The molecule has 4 saturated carbocycles. The van der Waals surface area contributed by atoms with E-state index in [9.17, 15) is 0 Å². The molecule has 2 heteroatoms. The molecule has 16 rings (SSSR count). The Labute approximate surface area is 385 Å². The second-order valence-electron chi connectivity index (χ2n) is 20.1. The molecule has 0 saturated heterocycles. The van der Waals surface area contributed by atoms with Gasteiger partial charge in [0.25, 0.3) is 0 Å². The Kier molecular flexibility index (Phi) is 7.71. The molecule has 0 aliphatic heterocycles. The van der Waals surface area contributed by atoms with Crippen molar-refractivity contribution in [3.63, 3.8) is 0 Å². The highest BCUT2D eigenvalue weighted by Crippen LogP contribution is 2.69. The summed E-state index contributed by atoms with van der Waals surface area (Å²) in [6, 6.07) is 77.9. The van der Waals surface area contributed by atoms with Crippen molar-refractivity contribution < 1.29 is 0 Å². The number of fused-ring (bicyclic) bond motifs is 9. The minimum Gasteiger partial charge on any atom is -0.309 e. The van der Waals surface area contributed by atoms with Gasteiger partial charge in [0, 0.05) is 38.3 Å². The quantitative estimate of drug-likeness (QED) is 0.163. The first kappa shape index (κ1) is 36.9. The van der Waals surface area contributed by atoms with Crippen molar-refractivity contribution in [3.05, 3.63) is 217 Å². The number of rotatable bonds is 5. The fraction of sp³-hybridized carbons (Fsp3) is 0.156. The molecule has 0 unspecified atom stereocenters. The lowest BCUT2D eigenvalue weighted by Gasteiger charge is -2.61. The first-order valence-electron chi connectivity index (χ1n) is 24.3. The monoisotopic (exact) mass is 844 g/mol. The third kappa shape index (κ3) is 5.13. The summed E-state index contributed by atoms with van der Waals surface area (Å²) in [4.78, 5) is 0. The van der Waals surface area contributed by atoms with Crippen molar-refractivity contribution in [3.8, 4) is 55.9 Å².